The van der Waals surface area contributed by atoms with Crippen molar-refractivity contribution in [3.05, 3.63) is 59.7 Å². The fraction of sp³-hybridized carbons (Fsp3) is 0.400. The Morgan fingerprint density at radius 2 is 0.825 bits per heavy atom. The topological polar surface area (TPSA) is 129 Å². The standard InChI is InChI=1S/2C15H20O4.O.Ti/c2*1-15(2,3)13(17)9-10(16)14-11(18-4)7-6-8-12(14)19-5;;/h2*6-9,16H,1-5H3;;/b2*10-9-;;. The Bertz CT molecular complexity index is 1060. The third kappa shape index (κ3) is 10.6. The molecule has 0 spiro atoms. The van der Waals surface area contributed by atoms with Gasteiger partial charge < -0.3 is 29.2 Å². The molecule has 0 saturated heterocycles. The van der Waals surface area contributed by atoms with Gasteiger partial charge in [-0.1, -0.05) is 53.7 Å². The van der Waals surface area contributed by atoms with Crippen LogP contribution in [0.4, 0.5) is 0 Å². The summed E-state index contributed by atoms with van der Waals surface area (Å²) in [4.78, 5) is 23.9. The minimum absolute atomic E-state index is 0.158. The second-order valence-electron chi connectivity index (χ2n) is 10.4. The van der Waals surface area contributed by atoms with E-state index in [-0.39, 0.29) is 23.1 Å². The predicted octanol–water partition coefficient (Wildman–Crippen LogP) is 6.31. The fourth-order valence-electron chi connectivity index (χ4n) is 3.03. The van der Waals surface area contributed by atoms with Gasteiger partial charge in [0.15, 0.2) is 11.6 Å². The van der Waals surface area contributed by atoms with Crippen molar-refractivity contribution in [3.63, 3.8) is 0 Å². The number of aliphatic hydroxyl groups excluding tert-OH is 2. The molecule has 0 unspecified atom stereocenters. The van der Waals surface area contributed by atoms with Crippen molar-refractivity contribution >= 4 is 23.1 Å². The molecule has 0 aliphatic heterocycles. The molecule has 0 aliphatic rings. The number of hydrogen-bond donors (Lipinski definition) is 2. The molecule has 0 bridgehead atoms. The van der Waals surface area contributed by atoms with Crippen LogP contribution in [0.1, 0.15) is 52.7 Å². The zero-order chi connectivity index (χ0) is 31.3. The predicted molar refractivity (Wildman–Crippen MR) is 150 cm³/mol. The van der Waals surface area contributed by atoms with Crippen LogP contribution in [-0.2, 0) is 33.3 Å². The Kier molecular flexibility index (Phi) is 15.2. The Balaban J connectivity index is 0.000000716. The zero-order valence-electron chi connectivity index (χ0n) is 24.9. The quantitative estimate of drug-likeness (QED) is 0.206. The van der Waals surface area contributed by atoms with E-state index in [0.29, 0.717) is 34.1 Å². The molecule has 0 amide bonds. The molecule has 2 aromatic carbocycles. The van der Waals surface area contributed by atoms with Crippen LogP contribution in [-0.4, -0.2) is 50.2 Å². The summed E-state index contributed by atoms with van der Waals surface area (Å²) >= 11 is 0.750. The first-order valence-electron chi connectivity index (χ1n) is 12.2. The maximum atomic E-state index is 11.9. The summed E-state index contributed by atoms with van der Waals surface area (Å²) in [5.74, 6) is 1.16. The molecule has 9 nitrogen and oxygen atoms in total. The summed E-state index contributed by atoms with van der Waals surface area (Å²) in [6, 6.07) is 10.3. The van der Waals surface area contributed by atoms with E-state index in [1.54, 1.807) is 77.9 Å². The van der Waals surface area contributed by atoms with Gasteiger partial charge in [-0.15, -0.1) is 0 Å². The molecule has 2 aromatic rings. The van der Waals surface area contributed by atoms with Crippen molar-refractivity contribution in [2.75, 3.05) is 28.4 Å². The van der Waals surface area contributed by atoms with Crippen LogP contribution < -0.4 is 18.9 Å². The first-order chi connectivity index (χ1) is 18.6. The number of ether oxygens (including phenoxy) is 4. The van der Waals surface area contributed by atoms with E-state index in [4.69, 9.17) is 22.3 Å². The third-order valence-electron chi connectivity index (χ3n) is 5.38. The number of carbonyl (C=O) groups excluding carboxylic acids is 2. The van der Waals surface area contributed by atoms with E-state index in [1.165, 1.54) is 40.6 Å². The number of ketones is 2. The van der Waals surface area contributed by atoms with Crippen molar-refractivity contribution in [2.45, 2.75) is 41.5 Å². The molecule has 2 N–H and O–H groups in total. The van der Waals surface area contributed by atoms with E-state index in [2.05, 4.69) is 0 Å². The molecule has 40 heavy (non-hydrogen) atoms. The van der Waals surface area contributed by atoms with Gasteiger partial charge in [0.25, 0.3) is 0 Å². The van der Waals surface area contributed by atoms with E-state index in [0.717, 1.165) is 20.4 Å². The van der Waals surface area contributed by atoms with Gasteiger partial charge in [0.05, 0.1) is 28.4 Å². The maximum absolute atomic E-state index is 11.9. The summed E-state index contributed by atoms with van der Waals surface area (Å²) < 4.78 is 29.0. The average Bonchev–Trinajstić information content (AvgIpc) is 2.92. The van der Waals surface area contributed by atoms with E-state index in [9.17, 15) is 19.8 Å². The van der Waals surface area contributed by atoms with Crippen LogP contribution in [0.25, 0.3) is 11.5 Å². The monoisotopic (exact) mass is 592 g/mol. The molecule has 0 heterocycles. The summed E-state index contributed by atoms with van der Waals surface area (Å²) in [6.45, 7) is 10.7. The number of rotatable bonds is 8. The van der Waals surface area contributed by atoms with Gasteiger partial charge in [-0.25, -0.2) is 0 Å². The first kappa shape index (κ1) is 36.6. The zero-order valence-corrected chi connectivity index (χ0v) is 26.4. The molecule has 2 rings (SSSR count). The minimum atomic E-state index is -0.552. The molecule has 0 aromatic heterocycles. The SMILES string of the molecule is COc1cccc(OC)c1/C(O)=C/C(=O)C(C)(C)C.COc1cccc(OC)c1/C(O)=C/C(=O)C(C)(C)C.[O]=[Ti]. The second kappa shape index (κ2) is 16.6. The number of methoxy groups -OCH3 is 4. The summed E-state index contributed by atoms with van der Waals surface area (Å²) in [6.07, 6.45) is 2.42. The van der Waals surface area contributed by atoms with Crippen LogP contribution in [0.15, 0.2) is 48.6 Å². The Labute approximate surface area is 248 Å². The molecular weight excluding hydrogens is 552 g/mol. The number of hydrogen-bond acceptors (Lipinski definition) is 9. The van der Waals surface area contributed by atoms with Crippen LogP contribution >= 0.6 is 0 Å². The van der Waals surface area contributed by atoms with Gasteiger partial charge in [-0.05, 0) is 24.3 Å². The summed E-state index contributed by atoms with van der Waals surface area (Å²) in [5.41, 5.74) is -0.345. The normalized spacial score (nSPS) is 11.6. The van der Waals surface area contributed by atoms with Crippen LogP contribution in [0, 0.1) is 10.8 Å². The van der Waals surface area contributed by atoms with E-state index < -0.39 is 10.8 Å². The molecule has 0 aliphatic carbocycles. The van der Waals surface area contributed by atoms with Crippen LogP contribution in [0.2, 0.25) is 0 Å². The summed E-state index contributed by atoms with van der Waals surface area (Å²) in [7, 11) is 5.99. The molecule has 0 atom stereocenters. The van der Waals surface area contributed by atoms with Crippen LogP contribution in [0.5, 0.6) is 23.0 Å². The number of aliphatic hydroxyl groups is 2. The molecule has 0 radical (unpaired) electrons. The number of carbonyl (C=O) groups is 2. The van der Waals surface area contributed by atoms with Crippen molar-refractivity contribution < 1.29 is 62.5 Å². The molecule has 218 valence electrons. The Morgan fingerprint density at radius 3 is 1.00 bits per heavy atom. The summed E-state index contributed by atoms with van der Waals surface area (Å²) in [5, 5.41) is 20.3. The van der Waals surface area contributed by atoms with Crippen molar-refractivity contribution in [3.8, 4) is 23.0 Å². The Morgan fingerprint density at radius 1 is 0.600 bits per heavy atom. The molecule has 0 saturated carbocycles. The number of benzene rings is 2. The van der Waals surface area contributed by atoms with E-state index >= 15 is 0 Å². The van der Waals surface area contributed by atoms with Gasteiger partial charge in [-0.2, -0.15) is 0 Å². The van der Waals surface area contributed by atoms with Gasteiger partial charge in [0, 0.05) is 23.0 Å². The van der Waals surface area contributed by atoms with Crippen molar-refractivity contribution in [1.29, 1.82) is 0 Å². The molecule has 10 heteroatoms. The van der Waals surface area contributed by atoms with Gasteiger partial charge in [0.2, 0.25) is 0 Å². The van der Waals surface area contributed by atoms with Gasteiger partial charge in [0.1, 0.15) is 45.6 Å². The molecular formula is C30H40O9Ti. The fourth-order valence-corrected chi connectivity index (χ4v) is 3.03. The Hall–Kier alpha value is -3.43. The number of allylic oxidation sites excluding steroid dienone is 2. The average molecular weight is 593 g/mol. The van der Waals surface area contributed by atoms with E-state index in [1.807, 2.05) is 0 Å². The first-order valence-corrected chi connectivity index (χ1v) is 12.8. The molecule has 0 fully saturated rings. The second-order valence-corrected chi connectivity index (χ2v) is 10.4. The van der Waals surface area contributed by atoms with Gasteiger partial charge in [-0.3, -0.25) is 9.59 Å². The van der Waals surface area contributed by atoms with Crippen LogP contribution in [0.3, 0.4) is 0 Å². The van der Waals surface area contributed by atoms with Crippen molar-refractivity contribution in [1.82, 2.24) is 0 Å². The van der Waals surface area contributed by atoms with Gasteiger partial charge >= 0.3 is 23.7 Å². The third-order valence-corrected chi connectivity index (χ3v) is 5.38. The van der Waals surface area contributed by atoms with Crippen molar-refractivity contribution in [2.24, 2.45) is 10.8 Å².